The molecule has 1 heterocycles. The van der Waals surface area contributed by atoms with E-state index < -0.39 is 0 Å². The van der Waals surface area contributed by atoms with Crippen molar-refractivity contribution in [3.63, 3.8) is 0 Å². The second-order valence-corrected chi connectivity index (χ2v) is 6.63. The smallest absolute Gasteiger partial charge is 0.0643 e. The van der Waals surface area contributed by atoms with E-state index in [-0.39, 0.29) is 5.54 Å². The molecule has 2 N–H and O–H groups in total. The van der Waals surface area contributed by atoms with E-state index in [0.717, 1.165) is 30.9 Å². The van der Waals surface area contributed by atoms with Gasteiger partial charge < -0.3 is 5.73 Å². The number of hydrogen-bond acceptors (Lipinski definition) is 2. The molecule has 108 valence electrons. The minimum absolute atomic E-state index is 0.0277. The minimum atomic E-state index is -0.0277. The Morgan fingerprint density at radius 3 is 2.84 bits per heavy atom. The molecule has 1 fully saturated rings. The van der Waals surface area contributed by atoms with E-state index >= 15 is 0 Å². The zero-order chi connectivity index (χ0) is 13.9. The topological polar surface area (TPSA) is 43.8 Å². The molecule has 19 heavy (non-hydrogen) atoms. The summed E-state index contributed by atoms with van der Waals surface area (Å²) < 4.78 is 2.03. The van der Waals surface area contributed by atoms with Gasteiger partial charge in [0.2, 0.25) is 0 Å². The van der Waals surface area contributed by atoms with Crippen molar-refractivity contribution in [3.8, 4) is 0 Å². The first-order valence-electron chi connectivity index (χ1n) is 7.85. The van der Waals surface area contributed by atoms with Crippen molar-refractivity contribution in [1.29, 1.82) is 0 Å². The van der Waals surface area contributed by atoms with Crippen LogP contribution >= 0.6 is 0 Å². The molecule has 2 atom stereocenters. The lowest BCUT2D eigenvalue weighted by atomic mass is 9.86. The van der Waals surface area contributed by atoms with Crippen LogP contribution in [0.25, 0.3) is 0 Å². The molecule has 3 nitrogen and oxygen atoms in total. The van der Waals surface area contributed by atoms with Gasteiger partial charge in [0.05, 0.1) is 5.69 Å². The zero-order valence-electron chi connectivity index (χ0n) is 12.7. The summed E-state index contributed by atoms with van der Waals surface area (Å²) in [7, 11) is 0. The SMILES string of the molecule is CCC1CCCC(N)(Cc2ccn(C(C)C)n2)CC1. The predicted molar refractivity (Wildman–Crippen MR) is 80.1 cm³/mol. The number of aromatic nitrogens is 2. The molecule has 0 saturated heterocycles. The fourth-order valence-corrected chi connectivity index (χ4v) is 3.21. The van der Waals surface area contributed by atoms with Gasteiger partial charge in [-0.2, -0.15) is 5.10 Å². The van der Waals surface area contributed by atoms with Gasteiger partial charge in [-0.25, -0.2) is 0 Å². The Hall–Kier alpha value is -0.830. The van der Waals surface area contributed by atoms with Crippen molar-refractivity contribution in [2.45, 2.75) is 77.3 Å². The van der Waals surface area contributed by atoms with E-state index in [4.69, 9.17) is 5.73 Å². The highest BCUT2D eigenvalue weighted by Crippen LogP contribution is 2.32. The molecule has 1 aliphatic carbocycles. The van der Waals surface area contributed by atoms with Crippen LogP contribution in [0.2, 0.25) is 0 Å². The molecule has 0 spiro atoms. The van der Waals surface area contributed by atoms with Gasteiger partial charge in [0.25, 0.3) is 0 Å². The van der Waals surface area contributed by atoms with Crippen molar-refractivity contribution in [2.75, 3.05) is 0 Å². The Morgan fingerprint density at radius 2 is 2.21 bits per heavy atom. The minimum Gasteiger partial charge on any atom is -0.325 e. The maximum Gasteiger partial charge on any atom is 0.0643 e. The fraction of sp³-hybridized carbons (Fsp3) is 0.812. The van der Waals surface area contributed by atoms with Crippen LogP contribution in [-0.2, 0) is 6.42 Å². The summed E-state index contributed by atoms with van der Waals surface area (Å²) >= 11 is 0. The van der Waals surface area contributed by atoms with Crippen molar-refractivity contribution in [2.24, 2.45) is 11.7 Å². The van der Waals surface area contributed by atoms with Gasteiger partial charge >= 0.3 is 0 Å². The van der Waals surface area contributed by atoms with E-state index in [1.165, 1.54) is 25.7 Å². The second-order valence-electron chi connectivity index (χ2n) is 6.63. The van der Waals surface area contributed by atoms with Crippen LogP contribution in [0, 0.1) is 5.92 Å². The van der Waals surface area contributed by atoms with E-state index in [2.05, 4.69) is 38.1 Å². The largest absolute Gasteiger partial charge is 0.325 e. The van der Waals surface area contributed by atoms with Gasteiger partial charge in [-0.3, -0.25) is 4.68 Å². The molecule has 0 aliphatic heterocycles. The maximum atomic E-state index is 6.64. The van der Waals surface area contributed by atoms with E-state index in [9.17, 15) is 0 Å². The van der Waals surface area contributed by atoms with Gasteiger partial charge in [-0.1, -0.05) is 26.2 Å². The van der Waals surface area contributed by atoms with Gasteiger partial charge in [0.15, 0.2) is 0 Å². The zero-order valence-corrected chi connectivity index (χ0v) is 12.7. The first kappa shape index (κ1) is 14.6. The van der Waals surface area contributed by atoms with Crippen molar-refractivity contribution >= 4 is 0 Å². The summed E-state index contributed by atoms with van der Waals surface area (Å²) in [6, 6.07) is 2.57. The van der Waals surface area contributed by atoms with Gasteiger partial charge in [-0.05, 0) is 45.1 Å². The molecule has 3 heteroatoms. The summed E-state index contributed by atoms with van der Waals surface area (Å²) in [6.07, 6.45) is 10.5. The highest BCUT2D eigenvalue weighted by molar-refractivity contribution is 5.06. The molecule has 1 aromatic rings. The first-order chi connectivity index (χ1) is 9.02. The lowest BCUT2D eigenvalue weighted by Gasteiger charge is -2.27. The molecule has 0 radical (unpaired) electrons. The standard InChI is InChI=1S/C16H29N3/c1-4-14-6-5-9-16(17,10-7-14)12-15-8-11-19(18-15)13(2)3/h8,11,13-14H,4-7,9-10,12,17H2,1-3H3. The highest BCUT2D eigenvalue weighted by atomic mass is 15.3. The van der Waals surface area contributed by atoms with Gasteiger partial charge in [-0.15, -0.1) is 0 Å². The van der Waals surface area contributed by atoms with E-state index in [1.807, 2.05) is 4.68 Å². The Bertz CT molecular complexity index is 396. The highest BCUT2D eigenvalue weighted by Gasteiger charge is 2.29. The molecule has 0 aromatic carbocycles. The van der Waals surface area contributed by atoms with E-state index in [1.54, 1.807) is 0 Å². The molecular formula is C16H29N3. The molecule has 1 aliphatic rings. The van der Waals surface area contributed by atoms with Crippen LogP contribution in [0.1, 0.15) is 71.0 Å². The number of nitrogens with zero attached hydrogens (tertiary/aromatic N) is 2. The Labute approximate surface area is 117 Å². The summed E-state index contributed by atoms with van der Waals surface area (Å²) in [4.78, 5) is 0. The quantitative estimate of drug-likeness (QED) is 0.842. The molecular weight excluding hydrogens is 234 g/mol. The molecule has 2 unspecified atom stereocenters. The molecule has 0 bridgehead atoms. The number of nitrogens with two attached hydrogens (primary N) is 1. The number of hydrogen-bond donors (Lipinski definition) is 1. The molecule has 0 amide bonds. The summed E-state index contributed by atoms with van der Waals surface area (Å²) in [5.74, 6) is 0.888. The van der Waals surface area contributed by atoms with Gasteiger partial charge in [0, 0.05) is 24.2 Å². The normalized spacial score (nSPS) is 28.6. The molecule has 1 aromatic heterocycles. The predicted octanol–water partition coefficient (Wildman–Crippen LogP) is 3.69. The second kappa shape index (κ2) is 6.08. The summed E-state index contributed by atoms with van der Waals surface area (Å²) in [5, 5.41) is 4.66. The number of rotatable bonds is 4. The third-order valence-corrected chi connectivity index (χ3v) is 4.64. The first-order valence-corrected chi connectivity index (χ1v) is 7.85. The van der Waals surface area contributed by atoms with Crippen molar-refractivity contribution < 1.29 is 0 Å². The summed E-state index contributed by atoms with van der Waals surface area (Å²) in [6.45, 7) is 6.62. The average molecular weight is 263 g/mol. The van der Waals surface area contributed by atoms with Gasteiger partial charge in [0.1, 0.15) is 0 Å². The van der Waals surface area contributed by atoms with E-state index in [0.29, 0.717) is 6.04 Å². The maximum absolute atomic E-state index is 6.64. The fourth-order valence-electron chi connectivity index (χ4n) is 3.21. The van der Waals surface area contributed by atoms with Crippen LogP contribution in [0.5, 0.6) is 0 Å². The lowest BCUT2D eigenvalue weighted by molar-refractivity contribution is 0.353. The lowest BCUT2D eigenvalue weighted by Crippen LogP contribution is -2.41. The molecule has 1 saturated carbocycles. The van der Waals surface area contributed by atoms with Crippen molar-refractivity contribution in [3.05, 3.63) is 18.0 Å². The van der Waals surface area contributed by atoms with Crippen LogP contribution in [-0.4, -0.2) is 15.3 Å². The average Bonchev–Trinajstić information content (AvgIpc) is 2.73. The van der Waals surface area contributed by atoms with Crippen LogP contribution < -0.4 is 5.73 Å². The van der Waals surface area contributed by atoms with Crippen LogP contribution in [0.4, 0.5) is 0 Å². The Kier molecular flexibility index (Phi) is 4.67. The Morgan fingerprint density at radius 1 is 1.42 bits per heavy atom. The van der Waals surface area contributed by atoms with Crippen LogP contribution in [0.15, 0.2) is 12.3 Å². The molecule has 2 rings (SSSR count). The third-order valence-electron chi connectivity index (χ3n) is 4.64. The Balaban J connectivity index is 1.99. The monoisotopic (exact) mass is 263 g/mol. The third kappa shape index (κ3) is 3.82. The summed E-state index contributed by atoms with van der Waals surface area (Å²) in [5.41, 5.74) is 7.77. The van der Waals surface area contributed by atoms with Crippen LogP contribution in [0.3, 0.4) is 0 Å². The van der Waals surface area contributed by atoms with Crippen molar-refractivity contribution in [1.82, 2.24) is 9.78 Å².